The number of nitrogens with one attached hydrogen (secondary N) is 1. The molecule has 1 fully saturated rings. The van der Waals surface area contributed by atoms with E-state index in [1.54, 1.807) is 4.90 Å². The van der Waals surface area contributed by atoms with Crippen molar-refractivity contribution >= 4 is 11.8 Å². The fourth-order valence-electron chi connectivity index (χ4n) is 2.11. The molecule has 4 heteroatoms. The average Bonchev–Trinajstić information content (AvgIpc) is 2.37. The first-order valence-corrected chi connectivity index (χ1v) is 6.54. The van der Waals surface area contributed by atoms with E-state index >= 15 is 0 Å². The Balaban J connectivity index is 2.13. The first kappa shape index (κ1) is 13.6. The summed E-state index contributed by atoms with van der Waals surface area (Å²) in [6.45, 7) is 7.67. The highest BCUT2D eigenvalue weighted by Gasteiger charge is 2.22. The van der Waals surface area contributed by atoms with E-state index in [0.717, 1.165) is 0 Å². The van der Waals surface area contributed by atoms with Crippen LogP contribution in [0.5, 0.6) is 0 Å². The minimum atomic E-state index is -0.0917. The number of hydrogen-bond donors (Lipinski definition) is 1. The van der Waals surface area contributed by atoms with Crippen LogP contribution in [0.2, 0.25) is 0 Å². The van der Waals surface area contributed by atoms with Crippen molar-refractivity contribution in [2.45, 2.75) is 26.2 Å². The van der Waals surface area contributed by atoms with Gasteiger partial charge >= 0.3 is 0 Å². The molecule has 4 nitrogen and oxygen atoms in total. The summed E-state index contributed by atoms with van der Waals surface area (Å²) in [5.41, 5.74) is 1.91. The van der Waals surface area contributed by atoms with E-state index in [1.807, 2.05) is 24.3 Å². The first-order chi connectivity index (χ1) is 8.88. The number of amides is 2. The molecule has 102 valence electrons. The second-order valence-electron chi connectivity index (χ2n) is 5.90. The Bertz CT molecular complexity index is 486. The lowest BCUT2D eigenvalue weighted by atomic mass is 9.86. The van der Waals surface area contributed by atoms with Gasteiger partial charge in [-0.3, -0.25) is 9.59 Å². The normalized spacial score (nSPS) is 16.2. The number of carbonyl (C=O) groups is 2. The second-order valence-corrected chi connectivity index (χ2v) is 5.90. The molecule has 19 heavy (non-hydrogen) atoms. The molecule has 1 heterocycles. The molecule has 0 atom stereocenters. The lowest BCUT2D eigenvalue weighted by Gasteiger charge is -2.27. The number of nitrogens with zero attached hydrogens (tertiary/aromatic N) is 1. The van der Waals surface area contributed by atoms with Gasteiger partial charge in [-0.25, -0.2) is 0 Å². The minimum Gasteiger partial charge on any atom is -0.353 e. The molecule has 0 aliphatic carbocycles. The van der Waals surface area contributed by atoms with Crippen molar-refractivity contribution in [1.29, 1.82) is 0 Å². The standard InChI is InChI=1S/C15H20N2O2/c1-15(2,3)12-6-4-11(5-7-12)14(19)17-9-8-16-13(18)10-17/h4-7H,8-10H2,1-3H3,(H,16,18). The second kappa shape index (κ2) is 5.03. The maximum Gasteiger partial charge on any atom is 0.254 e. The van der Waals surface area contributed by atoms with Crippen LogP contribution in [-0.2, 0) is 10.2 Å². The summed E-state index contributed by atoms with van der Waals surface area (Å²) in [4.78, 5) is 25.1. The van der Waals surface area contributed by atoms with Gasteiger partial charge in [-0.2, -0.15) is 0 Å². The average molecular weight is 260 g/mol. The van der Waals surface area contributed by atoms with Crippen molar-refractivity contribution in [2.24, 2.45) is 0 Å². The summed E-state index contributed by atoms with van der Waals surface area (Å²) in [5.74, 6) is -0.166. The minimum absolute atomic E-state index is 0.0738. The largest absolute Gasteiger partial charge is 0.353 e. The van der Waals surface area contributed by atoms with Gasteiger partial charge in [-0.1, -0.05) is 32.9 Å². The fraction of sp³-hybridized carbons (Fsp3) is 0.467. The lowest BCUT2D eigenvalue weighted by Crippen LogP contribution is -2.49. The number of carbonyl (C=O) groups excluding carboxylic acids is 2. The molecule has 0 bridgehead atoms. The zero-order valence-corrected chi connectivity index (χ0v) is 11.7. The van der Waals surface area contributed by atoms with E-state index in [9.17, 15) is 9.59 Å². The van der Waals surface area contributed by atoms with Gasteiger partial charge in [0.15, 0.2) is 0 Å². The Labute approximate surface area is 113 Å². The van der Waals surface area contributed by atoms with Gasteiger partial charge in [0.1, 0.15) is 0 Å². The third kappa shape index (κ3) is 3.13. The van der Waals surface area contributed by atoms with Gasteiger partial charge in [-0.05, 0) is 23.1 Å². The smallest absolute Gasteiger partial charge is 0.254 e. The number of piperazine rings is 1. The van der Waals surface area contributed by atoms with Crippen molar-refractivity contribution in [3.63, 3.8) is 0 Å². The number of rotatable bonds is 1. The van der Waals surface area contributed by atoms with Crippen LogP contribution in [0.15, 0.2) is 24.3 Å². The summed E-state index contributed by atoms with van der Waals surface area (Å²) >= 11 is 0. The van der Waals surface area contributed by atoms with Crippen LogP contribution in [0.25, 0.3) is 0 Å². The maximum atomic E-state index is 12.3. The molecular formula is C15H20N2O2. The molecule has 1 N–H and O–H groups in total. The predicted molar refractivity (Wildman–Crippen MR) is 74.1 cm³/mol. The van der Waals surface area contributed by atoms with Gasteiger partial charge < -0.3 is 10.2 Å². The Hall–Kier alpha value is -1.84. The van der Waals surface area contributed by atoms with Gasteiger partial charge in [0.25, 0.3) is 5.91 Å². The van der Waals surface area contributed by atoms with Gasteiger partial charge in [0.2, 0.25) is 5.91 Å². The van der Waals surface area contributed by atoms with E-state index in [2.05, 4.69) is 26.1 Å². The lowest BCUT2D eigenvalue weighted by molar-refractivity contribution is -0.123. The molecule has 0 saturated carbocycles. The molecule has 1 aromatic carbocycles. The van der Waals surface area contributed by atoms with Crippen LogP contribution in [0, 0.1) is 0 Å². The van der Waals surface area contributed by atoms with E-state index in [0.29, 0.717) is 18.7 Å². The van der Waals surface area contributed by atoms with Crippen molar-refractivity contribution in [1.82, 2.24) is 10.2 Å². The number of benzene rings is 1. The van der Waals surface area contributed by atoms with Crippen LogP contribution in [0.4, 0.5) is 0 Å². The fourth-order valence-corrected chi connectivity index (χ4v) is 2.11. The van der Waals surface area contributed by atoms with Crippen LogP contribution in [0.3, 0.4) is 0 Å². The van der Waals surface area contributed by atoms with Crippen LogP contribution in [-0.4, -0.2) is 36.3 Å². The Morgan fingerprint density at radius 1 is 1.21 bits per heavy atom. The van der Waals surface area contributed by atoms with E-state index in [-0.39, 0.29) is 23.8 Å². The molecule has 0 spiro atoms. The van der Waals surface area contributed by atoms with Crippen LogP contribution < -0.4 is 5.32 Å². The molecular weight excluding hydrogens is 240 g/mol. The summed E-state index contributed by atoms with van der Waals surface area (Å²) < 4.78 is 0. The monoisotopic (exact) mass is 260 g/mol. The van der Waals surface area contributed by atoms with Gasteiger partial charge in [-0.15, -0.1) is 0 Å². The van der Waals surface area contributed by atoms with Gasteiger partial charge in [0, 0.05) is 18.7 Å². The van der Waals surface area contributed by atoms with Crippen LogP contribution >= 0.6 is 0 Å². The summed E-state index contributed by atoms with van der Waals surface area (Å²) in [6.07, 6.45) is 0. The molecule has 2 amide bonds. The van der Waals surface area contributed by atoms with Crippen molar-refractivity contribution < 1.29 is 9.59 Å². The van der Waals surface area contributed by atoms with E-state index < -0.39 is 0 Å². The first-order valence-electron chi connectivity index (χ1n) is 6.54. The highest BCUT2D eigenvalue weighted by atomic mass is 16.2. The molecule has 2 rings (SSSR count). The Morgan fingerprint density at radius 3 is 2.37 bits per heavy atom. The quantitative estimate of drug-likeness (QED) is 0.833. The molecule has 1 saturated heterocycles. The van der Waals surface area contributed by atoms with E-state index in [4.69, 9.17) is 0 Å². The molecule has 0 unspecified atom stereocenters. The van der Waals surface area contributed by atoms with Gasteiger partial charge in [0.05, 0.1) is 6.54 Å². The topological polar surface area (TPSA) is 49.4 Å². The molecule has 0 aromatic heterocycles. The summed E-state index contributed by atoms with van der Waals surface area (Å²) in [7, 11) is 0. The molecule has 1 aliphatic heterocycles. The Morgan fingerprint density at radius 2 is 1.84 bits per heavy atom. The van der Waals surface area contributed by atoms with Crippen molar-refractivity contribution in [3.05, 3.63) is 35.4 Å². The molecule has 1 aliphatic rings. The SMILES string of the molecule is CC(C)(C)c1ccc(C(=O)N2CCNC(=O)C2)cc1. The zero-order valence-electron chi connectivity index (χ0n) is 11.7. The predicted octanol–water partition coefficient (Wildman–Crippen LogP) is 1.56. The molecule has 0 radical (unpaired) electrons. The Kier molecular flexibility index (Phi) is 3.60. The van der Waals surface area contributed by atoms with E-state index in [1.165, 1.54) is 5.56 Å². The van der Waals surface area contributed by atoms with Crippen LogP contribution in [0.1, 0.15) is 36.7 Å². The zero-order chi connectivity index (χ0) is 14.0. The number of hydrogen-bond acceptors (Lipinski definition) is 2. The maximum absolute atomic E-state index is 12.3. The third-order valence-corrected chi connectivity index (χ3v) is 3.32. The van der Waals surface area contributed by atoms with Crippen molar-refractivity contribution in [2.75, 3.05) is 19.6 Å². The summed E-state index contributed by atoms with van der Waals surface area (Å²) in [5, 5.41) is 2.71. The molecule has 1 aromatic rings. The highest BCUT2D eigenvalue weighted by molar-refractivity contribution is 5.97. The third-order valence-electron chi connectivity index (χ3n) is 3.32. The summed E-state index contributed by atoms with van der Waals surface area (Å²) in [6, 6.07) is 7.65. The highest BCUT2D eigenvalue weighted by Crippen LogP contribution is 2.22. The van der Waals surface area contributed by atoms with Crippen molar-refractivity contribution in [3.8, 4) is 0 Å².